The number of halogens is 4. The Morgan fingerprint density at radius 3 is 2.09 bits per heavy atom. The average Bonchev–Trinajstić information content (AvgIpc) is 2.68. The van der Waals surface area contributed by atoms with Crippen LogP contribution in [0.15, 0.2) is 24.8 Å². The van der Waals surface area contributed by atoms with Crippen molar-refractivity contribution in [3.05, 3.63) is 35.9 Å². The maximum atomic E-state index is 13.3. The number of likely N-dealkylation sites (tertiary alicyclic amines) is 1. The molecule has 1 aromatic carbocycles. The number of hydrogen-bond acceptors (Lipinski definition) is 2. The highest BCUT2D eigenvalue weighted by molar-refractivity contribution is 5.76. The zero-order valence-electron chi connectivity index (χ0n) is 13.3. The summed E-state index contributed by atoms with van der Waals surface area (Å²) in [6.45, 7) is 7.48. The van der Waals surface area contributed by atoms with Gasteiger partial charge in [-0.3, -0.25) is 0 Å². The normalized spacial score (nSPS) is 18.5. The Labute approximate surface area is 128 Å². The van der Waals surface area contributed by atoms with E-state index in [1.807, 2.05) is 13.8 Å². The van der Waals surface area contributed by atoms with Gasteiger partial charge in [-0.25, -0.2) is 0 Å². The Hall–Kier alpha value is -1.72. The van der Waals surface area contributed by atoms with E-state index in [0.29, 0.717) is 11.3 Å². The van der Waals surface area contributed by atoms with Crippen molar-refractivity contribution in [3.63, 3.8) is 0 Å². The van der Waals surface area contributed by atoms with Crippen molar-refractivity contribution in [2.75, 3.05) is 25.5 Å². The lowest BCUT2D eigenvalue weighted by Gasteiger charge is -2.23. The van der Waals surface area contributed by atoms with Crippen molar-refractivity contribution in [1.82, 2.24) is 4.90 Å². The fraction of sp³-hybridized carbons (Fsp3) is 0.500. The average molecular weight is 318 g/mol. The number of nitrogens with one attached hydrogen (secondary N) is 1. The third-order valence-corrected chi connectivity index (χ3v) is 3.53. The van der Waals surface area contributed by atoms with Gasteiger partial charge in [0.25, 0.3) is 0 Å². The van der Waals surface area contributed by atoms with Crippen LogP contribution in [0.1, 0.15) is 25.0 Å². The van der Waals surface area contributed by atoms with Crippen LogP contribution in [0.25, 0.3) is 5.70 Å². The van der Waals surface area contributed by atoms with Gasteiger partial charge >= 0.3 is 11.8 Å². The molecule has 1 aromatic rings. The molecule has 0 amide bonds. The number of nitrogens with zero attached hydrogens (tertiary/aromatic N) is 1. The van der Waals surface area contributed by atoms with Crippen molar-refractivity contribution in [2.24, 2.45) is 0 Å². The van der Waals surface area contributed by atoms with E-state index in [9.17, 15) is 17.6 Å². The van der Waals surface area contributed by atoms with Crippen molar-refractivity contribution in [3.8, 4) is 0 Å². The molecule has 0 aromatic heterocycles. The minimum absolute atomic E-state index is 0.185. The summed E-state index contributed by atoms with van der Waals surface area (Å²) in [5, 5.41) is 2.92. The van der Waals surface area contributed by atoms with Gasteiger partial charge < -0.3 is 10.2 Å². The van der Waals surface area contributed by atoms with Crippen molar-refractivity contribution in [2.45, 2.75) is 32.6 Å². The van der Waals surface area contributed by atoms with Gasteiger partial charge in [0.1, 0.15) is 0 Å². The highest BCUT2D eigenvalue weighted by Crippen LogP contribution is 2.44. The smallest absolute Gasteiger partial charge is 0.329 e. The molecule has 0 atom stereocenters. The second-order valence-electron chi connectivity index (χ2n) is 4.96. The van der Waals surface area contributed by atoms with Gasteiger partial charge in [-0.2, -0.15) is 17.6 Å². The summed E-state index contributed by atoms with van der Waals surface area (Å²) in [6.07, 6.45) is 0. The number of benzene rings is 1. The summed E-state index contributed by atoms with van der Waals surface area (Å²) in [5.41, 5.74) is 2.24. The number of alkyl halides is 4. The van der Waals surface area contributed by atoms with E-state index in [1.165, 1.54) is 0 Å². The van der Waals surface area contributed by atoms with E-state index in [-0.39, 0.29) is 5.70 Å². The first-order valence-electron chi connectivity index (χ1n) is 7.17. The number of hydrogen-bond donors (Lipinski definition) is 1. The third-order valence-electron chi connectivity index (χ3n) is 3.53. The summed E-state index contributed by atoms with van der Waals surface area (Å²) < 4.78 is 53.1. The first-order valence-corrected chi connectivity index (χ1v) is 7.17. The minimum atomic E-state index is -4.03. The molecule has 6 heteroatoms. The summed E-state index contributed by atoms with van der Waals surface area (Å²) in [7, 11) is 1.68. The standard InChI is InChI=1S/C14H16F4N2.C2H6/c1-9-5-4-6-11(19-3)12(9)10(2)20-7-13(15,16)14(17,18)8-20;1-2/h4-6,19H,2,7-8H2,1,3H3;1-2H3. The fourth-order valence-corrected chi connectivity index (χ4v) is 2.37. The Kier molecular flexibility index (Phi) is 5.49. The van der Waals surface area contributed by atoms with E-state index >= 15 is 0 Å². The van der Waals surface area contributed by atoms with E-state index < -0.39 is 24.9 Å². The molecule has 0 saturated carbocycles. The summed E-state index contributed by atoms with van der Waals surface area (Å²) >= 11 is 0. The molecule has 0 unspecified atom stereocenters. The largest absolute Gasteiger partial charge is 0.388 e. The van der Waals surface area contributed by atoms with Crippen LogP contribution in [0.4, 0.5) is 23.2 Å². The molecule has 1 saturated heterocycles. The number of anilines is 1. The predicted octanol–water partition coefficient (Wildman–Crippen LogP) is 4.62. The van der Waals surface area contributed by atoms with Crippen molar-refractivity contribution < 1.29 is 17.6 Å². The maximum Gasteiger partial charge on any atom is 0.329 e. The third kappa shape index (κ3) is 3.20. The highest BCUT2D eigenvalue weighted by Gasteiger charge is 2.63. The van der Waals surface area contributed by atoms with Gasteiger partial charge in [-0.05, 0) is 18.6 Å². The molecule has 2 rings (SSSR count). The zero-order chi connectivity index (χ0) is 17.1. The van der Waals surface area contributed by atoms with Gasteiger partial charge in [0.15, 0.2) is 0 Å². The minimum Gasteiger partial charge on any atom is -0.388 e. The Morgan fingerprint density at radius 1 is 1.14 bits per heavy atom. The van der Waals surface area contributed by atoms with E-state index in [2.05, 4.69) is 11.9 Å². The second kappa shape index (κ2) is 6.58. The van der Waals surface area contributed by atoms with Gasteiger partial charge in [-0.1, -0.05) is 32.6 Å². The lowest BCUT2D eigenvalue weighted by Crippen LogP contribution is -2.38. The van der Waals surface area contributed by atoms with Crippen LogP contribution < -0.4 is 5.32 Å². The second-order valence-corrected chi connectivity index (χ2v) is 4.96. The molecule has 0 spiro atoms. The zero-order valence-corrected chi connectivity index (χ0v) is 13.3. The highest BCUT2D eigenvalue weighted by atomic mass is 19.3. The lowest BCUT2D eigenvalue weighted by molar-refractivity contribution is -0.172. The molecule has 1 N–H and O–H groups in total. The molecule has 1 fully saturated rings. The topological polar surface area (TPSA) is 15.3 Å². The number of aryl methyl sites for hydroxylation is 1. The predicted molar refractivity (Wildman–Crippen MR) is 82.6 cm³/mol. The molecule has 124 valence electrons. The molecule has 0 bridgehead atoms. The van der Waals surface area contributed by atoms with Crippen LogP contribution in [0.5, 0.6) is 0 Å². The molecule has 22 heavy (non-hydrogen) atoms. The van der Waals surface area contributed by atoms with Gasteiger partial charge in [-0.15, -0.1) is 0 Å². The molecule has 0 aliphatic carbocycles. The first-order chi connectivity index (χ1) is 10.2. The first kappa shape index (κ1) is 18.3. The fourth-order valence-electron chi connectivity index (χ4n) is 2.37. The van der Waals surface area contributed by atoms with Crippen LogP contribution >= 0.6 is 0 Å². The van der Waals surface area contributed by atoms with E-state index in [1.54, 1.807) is 32.2 Å². The van der Waals surface area contributed by atoms with Crippen LogP contribution in [0.3, 0.4) is 0 Å². The summed E-state index contributed by atoms with van der Waals surface area (Å²) in [4.78, 5) is 0.948. The molecular formula is C16H22F4N2. The number of rotatable bonds is 3. The quantitative estimate of drug-likeness (QED) is 0.818. The van der Waals surface area contributed by atoms with Crippen LogP contribution in [-0.2, 0) is 0 Å². The lowest BCUT2D eigenvalue weighted by atomic mass is 10.0. The van der Waals surface area contributed by atoms with Crippen LogP contribution in [0, 0.1) is 6.92 Å². The summed E-state index contributed by atoms with van der Waals surface area (Å²) in [6, 6.07) is 5.33. The van der Waals surface area contributed by atoms with Gasteiger partial charge in [0.2, 0.25) is 0 Å². The van der Waals surface area contributed by atoms with E-state index in [0.717, 1.165) is 10.5 Å². The molecule has 1 heterocycles. The van der Waals surface area contributed by atoms with Crippen LogP contribution in [0.2, 0.25) is 0 Å². The Morgan fingerprint density at radius 2 is 1.64 bits per heavy atom. The van der Waals surface area contributed by atoms with Crippen molar-refractivity contribution in [1.29, 1.82) is 0 Å². The summed E-state index contributed by atoms with van der Waals surface area (Å²) in [5.74, 6) is -8.06. The van der Waals surface area contributed by atoms with Crippen LogP contribution in [-0.4, -0.2) is 36.9 Å². The molecular weight excluding hydrogens is 296 g/mol. The van der Waals surface area contributed by atoms with Gasteiger partial charge in [0.05, 0.1) is 13.1 Å². The SMILES string of the molecule is C=C(c1c(C)cccc1NC)N1CC(F)(F)C(F)(F)C1.CC. The molecule has 2 nitrogen and oxygen atoms in total. The van der Waals surface area contributed by atoms with Crippen molar-refractivity contribution >= 4 is 11.4 Å². The van der Waals surface area contributed by atoms with Gasteiger partial charge in [0, 0.05) is 24.0 Å². The maximum absolute atomic E-state index is 13.3. The molecule has 1 aliphatic heterocycles. The Balaban J connectivity index is 0.00000116. The monoisotopic (exact) mass is 318 g/mol. The molecule has 0 radical (unpaired) electrons. The Bertz CT molecular complexity index is 525. The van der Waals surface area contributed by atoms with E-state index in [4.69, 9.17) is 0 Å². The molecule has 1 aliphatic rings.